The highest BCUT2D eigenvalue weighted by atomic mass is 16.6. The quantitative estimate of drug-likeness (QED) is 0.553. The Morgan fingerprint density at radius 1 is 1.00 bits per heavy atom. The van der Waals surface area contributed by atoms with Gasteiger partial charge in [-0.25, -0.2) is 9.78 Å². The van der Waals surface area contributed by atoms with Gasteiger partial charge in [0.25, 0.3) is 5.91 Å². The lowest BCUT2D eigenvalue weighted by Gasteiger charge is -2.27. The molecular weight excluding hydrogens is 420 g/mol. The number of hydrogen-bond acceptors (Lipinski definition) is 6. The standard InChI is InChI=1S/C26H28N2O5/c1-26(2,3)33-25(30)19-8-6-5-7-18(19)20-16-23(31-4)27-22-10-9-17(15-21(20)22)24(29)28-11-13-32-14-12-28/h5-10,15-16H,11-14H2,1-4H3. The third-order valence-electron chi connectivity index (χ3n) is 5.38. The monoisotopic (exact) mass is 448 g/mol. The second-order valence-electron chi connectivity index (χ2n) is 8.90. The smallest absolute Gasteiger partial charge is 0.339 e. The fourth-order valence-electron chi connectivity index (χ4n) is 3.84. The molecule has 1 aromatic heterocycles. The molecule has 1 saturated heterocycles. The molecule has 7 heteroatoms. The minimum absolute atomic E-state index is 0.0533. The summed E-state index contributed by atoms with van der Waals surface area (Å²) in [5, 5.41) is 0.755. The van der Waals surface area contributed by atoms with Crippen LogP contribution in [0.5, 0.6) is 5.88 Å². The number of amides is 1. The Kier molecular flexibility index (Phi) is 6.33. The van der Waals surface area contributed by atoms with E-state index in [0.29, 0.717) is 54.4 Å². The third-order valence-corrected chi connectivity index (χ3v) is 5.38. The van der Waals surface area contributed by atoms with Gasteiger partial charge in [-0.1, -0.05) is 18.2 Å². The Morgan fingerprint density at radius 2 is 1.73 bits per heavy atom. The van der Waals surface area contributed by atoms with Gasteiger partial charge in [0.2, 0.25) is 5.88 Å². The second-order valence-corrected chi connectivity index (χ2v) is 8.90. The van der Waals surface area contributed by atoms with Crippen LogP contribution in [0.2, 0.25) is 0 Å². The van der Waals surface area contributed by atoms with Crippen molar-refractivity contribution in [3.63, 3.8) is 0 Å². The number of ether oxygens (including phenoxy) is 3. The molecule has 0 atom stereocenters. The number of pyridine rings is 1. The number of hydrogen-bond donors (Lipinski definition) is 0. The SMILES string of the molecule is COc1cc(-c2ccccc2C(=O)OC(C)(C)C)c2cc(C(=O)N3CCOCC3)ccc2n1. The number of aromatic nitrogens is 1. The van der Waals surface area contributed by atoms with E-state index in [1.807, 2.05) is 45.0 Å². The third kappa shape index (κ3) is 4.98. The number of rotatable bonds is 4. The predicted octanol–water partition coefficient (Wildman–Crippen LogP) is 4.34. The van der Waals surface area contributed by atoms with Crippen LogP contribution in [0.25, 0.3) is 22.0 Å². The molecule has 1 aliphatic heterocycles. The molecule has 2 aromatic carbocycles. The first kappa shape index (κ1) is 22.7. The molecule has 0 radical (unpaired) electrons. The molecule has 0 spiro atoms. The first-order valence-corrected chi connectivity index (χ1v) is 11.0. The van der Waals surface area contributed by atoms with Crippen molar-refractivity contribution in [3.05, 3.63) is 59.7 Å². The summed E-state index contributed by atoms with van der Waals surface area (Å²) in [5.41, 5.74) is 2.48. The molecular formula is C26H28N2O5. The molecule has 1 amide bonds. The molecule has 4 rings (SSSR count). The molecule has 0 bridgehead atoms. The zero-order valence-corrected chi connectivity index (χ0v) is 19.4. The molecule has 3 aromatic rings. The van der Waals surface area contributed by atoms with Crippen molar-refractivity contribution >= 4 is 22.8 Å². The fraction of sp³-hybridized carbons (Fsp3) is 0.346. The minimum Gasteiger partial charge on any atom is -0.481 e. The van der Waals surface area contributed by atoms with Crippen molar-refractivity contribution in [3.8, 4) is 17.0 Å². The highest BCUT2D eigenvalue weighted by molar-refractivity contribution is 6.06. The summed E-state index contributed by atoms with van der Waals surface area (Å²) in [7, 11) is 1.55. The first-order chi connectivity index (χ1) is 15.8. The fourth-order valence-corrected chi connectivity index (χ4v) is 3.84. The zero-order chi connectivity index (χ0) is 23.6. The van der Waals surface area contributed by atoms with E-state index in [1.165, 1.54) is 0 Å². The van der Waals surface area contributed by atoms with Crippen LogP contribution < -0.4 is 4.74 Å². The van der Waals surface area contributed by atoms with E-state index in [9.17, 15) is 9.59 Å². The molecule has 7 nitrogen and oxygen atoms in total. The summed E-state index contributed by atoms with van der Waals surface area (Å²) in [6.45, 7) is 7.70. The van der Waals surface area contributed by atoms with E-state index in [4.69, 9.17) is 14.2 Å². The van der Waals surface area contributed by atoms with Gasteiger partial charge in [-0.15, -0.1) is 0 Å². The maximum Gasteiger partial charge on any atom is 0.339 e. The first-order valence-electron chi connectivity index (χ1n) is 11.0. The van der Waals surface area contributed by atoms with E-state index in [0.717, 1.165) is 10.9 Å². The van der Waals surface area contributed by atoms with Gasteiger partial charge in [0, 0.05) is 30.1 Å². The van der Waals surface area contributed by atoms with Crippen molar-refractivity contribution in [2.75, 3.05) is 33.4 Å². The summed E-state index contributed by atoms with van der Waals surface area (Å²) in [4.78, 5) is 32.4. The molecule has 0 unspecified atom stereocenters. The van der Waals surface area contributed by atoms with Crippen LogP contribution in [-0.4, -0.2) is 60.8 Å². The van der Waals surface area contributed by atoms with E-state index >= 15 is 0 Å². The van der Waals surface area contributed by atoms with Crippen LogP contribution >= 0.6 is 0 Å². The Labute approximate surface area is 193 Å². The molecule has 1 aliphatic rings. The maximum atomic E-state index is 13.1. The summed E-state index contributed by atoms with van der Waals surface area (Å²) in [5.74, 6) is -0.0475. The van der Waals surface area contributed by atoms with Crippen molar-refractivity contribution < 1.29 is 23.8 Å². The minimum atomic E-state index is -0.625. The molecule has 2 heterocycles. The Hall–Kier alpha value is -3.45. The lowest BCUT2D eigenvalue weighted by molar-refractivity contribution is 0.00703. The van der Waals surface area contributed by atoms with Gasteiger partial charge in [-0.3, -0.25) is 4.79 Å². The van der Waals surface area contributed by atoms with Crippen LogP contribution in [0.4, 0.5) is 0 Å². The molecule has 1 fully saturated rings. The highest BCUT2D eigenvalue weighted by Crippen LogP contribution is 2.34. The average Bonchev–Trinajstić information content (AvgIpc) is 2.82. The van der Waals surface area contributed by atoms with Crippen molar-refractivity contribution in [2.24, 2.45) is 0 Å². The lowest BCUT2D eigenvalue weighted by Crippen LogP contribution is -2.40. The van der Waals surface area contributed by atoms with Crippen LogP contribution in [-0.2, 0) is 9.47 Å². The predicted molar refractivity (Wildman–Crippen MR) is 126 cm³/mol. The Morgan fingerprint density at radius 3 is 2.42 bits per heavy atom. The lowest BCUT2D eigenvalue weighted by atomic mass is 9.95. The van der Waals surface area contributed by atoms with Gasteiger partial charge in [-0.05, 0) is 56.2 Å². The van der Waals surface area contributed by atoms with Crippen molar-refractivity contribution in [1.29, 1.82) is 0 Å². The van der Waals surface area contributed by atoms with Crippen molar-refractivity contribution in [2.45, 2.75) is 26.4 Å². The number of carbonyl (C=O) groups excluding carboxylic acids is 2. The summed E-state index contributed by atoms with van der Waals surface area (Å²) in [6.07, 6.45) is 0. The molecule has 172 valence electrons. The van der Waals surface area contributed by atoms with Gasteiger partial charge in [0.1, 0.15) is 5.60 Å². The van der Waals surface area contributed by atoms with Crippen LogP contribution in [0.15, 0.2) is 48.5 Å². The number of esters is 1. The normalized spacial score (nSPS) is 14.2. The van der Waals surface area contributed by atoms with Gasteiger partial charge in [-0.2, -0.15) is 0 Å². The summed E-state index contributed by atoms with van der Waals surface area (Å²) in [6, 6.07) is 14.5. The van der Waals surface area contributed by atoms with Crippen LogP contribution in [0.3, 0.4) is 0 Å². The van der Waals surface area contributed by atoms with E-state index in [2.05, 4.69) is 4.98 Å². The number of benzene rings is 2. The molecule has 0 N–H and O–H groups in total. The molecule has 0 saturated carbocycles. The van der Waals surface area contributed by atoms with Crippen molar-refractivity contribution in [1.82, 2.24) is 9.88 Å². The number of nitrogens with zero attached hydrogens (tertiary/aromatic N) is 2. The van der Waals surface area contributed by atoms with E-state index < -0.39 is 11.6 Å². The number of morpholine rings is 1. The zero-order valence-electron chi connectivity index (χ0n) is 19.4. The topological polar surface area (TPSA) is 78.0 Å². The largest absolute Gasteiger partial charge is 0.481 e. The number of methoxy groups -OCH3 is 1. The highest BCUT2D eigenvalue weighted by Gasteiger charge is 2.23. The second kappa shape index (κ2) is 9.19. The van der Waals surface area contributed by atoms with Crippen LogP contribution in [0.1, 0.15) is 41.5 Å². The van der Waals surface area contributed by atoms with Gasteiger partial charge < -0.3 is 19.1 Å². The van der Waals surface area contributed by atoms with Gasteiger partial charge in [0.05, 0.1) is 31.4 Å². The number of carbonyl (C=O) groups is 2. The van der Waals surface area contributed by atoms with Gasteiger partial charge in [0.15, 0.2) is 0 Å². The summed E-state index contributed by atoms with van der Waals surface area (Å²) >= 11 is 0. The average molecular weight is 449 g/mol. The maximum absolute atomic E-state index is 13.1. The Bertz CT molecular complexity index is 1190. The molecule has 0 aliphatic carbocycles. The van der Waals surface area contributed by atoms with Gasteiger partial charge >= 0.3 is 5.97 Å². The summed E-state index contributed by atoms with van der Waals surface area (Å²) < 4.78 is 16.4. The Balaban J connectivity index is 1.85. The van der Waals surface area contributed by atoms with E-state index in [1.54, 1.807) is 36.3 Å². The van der Waals surface area contributed by atoms with Crippen LogP contribution in [0, 0.1) is 0 Å². The molecule has 33 heavy (non-hydrogen) atoms. The van der Waals surface area contributed by atoms with E-state index in [-0.39, 0.29) is 5.91 Å². The number of fused-ring (bicyclic) bond motifs is 1.